The second kappa shape index (κ2) is 7.49. The summed E-state index contributed by atoms with van der Waals surface area (Å²) in [5.74, 6) is 0. The van der Waals surface area contributed by atoms with Gasteiger partial charge < -0.3 is 9.80 Å². The lowest BCUT2D eigenvalue weighted by atomic mass is 10.1. The van der Waals surface area contributed by atoms with Crippen molar-refractivity contribution in [2.24, 2.45) is 0 Å². The summed E-state index contributed by atoms with van der Waals surface area (Å²) in [5, 5.41) is 22.2. The van der Waals surface area contributed by atoms with Crippen molar-refractivity contribution in [3.05, 3.63) is 73.8 Å². The summed E-state index contributed by atoms with van der Waals surface area (Å²) in [5.41, 5.74) is 2.51. The summed E-state index contributed by atoms with van der Waals surface area (Å²) < 4.78 is 0. The van der Waals surface area contributed by atoms with Crippen molar-refractivity contribution in [2.75, 3.05) is 31.1 Å². The molecule has 1 aliphatic heterocycles. The van der Waals surface area contributed by atoms with Crippen molar-refractivity contribution in [1.29, 1.82) is 0 Å². The van der Waals surface area contributed by atoms with Gasteiger partial charge in [0.15, 0.2) is 0 Å². The maximum Gasteiger partial charge on any atom is 0.299 e. The average Bonchev–Trinajstić information content (AvgIpc) is 2.62. The molecule has 8 nitrogen and oxygen atoms in total. The Kier molecular flexibility index (Phi) is 5.13. The number of nitro benzene ring substituents is 2. The molecule has 2 aromatic carbocycles. The van der Waals surface area contributed by atoms with Gasteiger partial charge >= 0.3 is 0 Å². The molecule has 1 aliphatic rings. The van der Waals surface area contributed by atoms with Crippen molar-refractivity contribution < 1.29 is 14.7 Å². The number of nitrogens with zero attached hydrogens (tertiary/aromatic N) is 3. The lowest BCUT2D eigenvalue weighted by molar-refractivity contribution is -0.914. The van der Waals surface area contributed by atoms with E-state index in [9.17, 15) is 20.2 Å². The van der Waals surface area contributed by atoms with Crippen molar-refractivity contribution in [2.45, 2.75) is 13.5 Å². The zero-order valence-electron chi connectivity index (χ0n) is 14.6. The Morgan fingerprint density at radius 2 is 1.77 bits per heavy atom. The molecular weight excluding hydrogens is 336 g/mol. The number of non-ortho nitro benzene ring substituents is 1. The fourth-order valence-electron chi connectivity index (χ4n) is 3.39. The van der Waals surface area contributed by atoms with Crippen molar-refractivity contribution >= 4 is 17.1 Å². The minimum absolute atomic E-state index is 0.207. The molecule has 26 heavy (non-hydrogen) atoms. The van der Waals surface area contributed by atoms with Crippen molar-refractivity contribution in [3.8, 4) is 0 Å². The van der Waals surface area contributed by atoms with E-state index in [-0.39, 0.29) is 11.4 Å². The third-order valence-corrected chi connectivity index (χ3v) is 4.71. The van der Waals surface area contributed by atoms with Crippen LogP contribution in [0.3, 0.4) is 0 Å². The Morgan fingerprint density at radius 1 is 1.04 bits per heavy atom. The Bertz CT molecular complexity index is 832. The molecule has 3 rings (SSSR count). The number of benzene rings is 2. The minimum Gasteiger partial charge on any atom is -0.355 e. The molecule has 8 heteroatoms. The van der Waals surface area contributed by atoms with E-state index in [0.29, 0.717) is 18.8 Å². The van der Waals surface area contributed by atoms with Crippen LogP contribution >= 0.6 is 0 Å². The van der Waals surface area contributed by atoms with Crippen LogP contribution in [0.5, 0.6) is 0 Å². The predicted molar refractivity (Wildman–Crippen MR) is 97.5 cm³/mol. The van der Waals surface area contributed by atoms with Crippen LogP contribution in [0.4, 0.5) is 17.1 Å². The zero-order chi connectivity index (χ0) is 18.7. The van der Waals surface area contributed by atoms with E-state index in [1.165, 1.54) is 28.2 Å². The monoisotopic (exact) mass is 357 g/mol. The second-order valence-electron chi connectivity index (χ2n) is 6.59. The molecule has 1 N–H and O–H groups in total. The van der Waals surface area contributed by atoms with Crippen LogP contribution in [0.25, 0.3) is 0 Å². The summed E-state index contributed by atoms with van der Waals surface area (Å²) in [6, 6.07) is 12.3. The standard InChI is InChI=1S/C18H20N4O4/c1-14-3-2-4-15(11-14)13-19-7-9-20(10-8-19)17-6-5-16(21(23)24)12-18(17)22(25)26/h2-6,11-12H,7-10,13H2,1H3/p+1. The molecule has 0 unspecified atom stereocenters. The Balaban J connectivity index is 1.69. The number of quaternary nitrogens is 1. The SMILES string of the molecule is Cc1cccc(C[NH+]2CCN(c3ccc([N+](=O)[O-])cc3[N+](=O)[O-])CC2)c1. The van der Waals surface area contributed by atoms with Gasteiger partial charge in [-0.05, 0) is 13.0 Å². The molecule has 0 amide bonds. The first kappa shape index (κ1) is 17.8. The van der Waals surface area contributed by atoms with Crippen molar-refractivity contribution in [3.63, 3.8) is 0 Å². The van der Waals surface area contributed by atoms with Crippen LogP contribution in [-0.2, 0) is 6.54 Å². The van der Waals surface area contributed by atoms with Crippen molar-refractivity contribution in [1.82, 2.24) is 0 Å². The molecular formula is C18H21N4O4+. The highest BCUT2D eigenvalue weighted by Gasteiger charge is 2.27. The van der Waals surface area contributed by atoms with Crippen LogP contribution in [0.1, 0.15) is 11.1 Å². The van der Waals surface area contributed by atoms with E-state index < -0.39 is 9.85 Å². The fraction of sp³-hybridized carbons (Fsp3) is 0.333. The van der Waals surface area contributed by atoms with E-state index in [0.717, 1.165) is 25.7 Å². The number of hydrogen-bond donors (Lipinski definition) is 1. The van der Waals surface area contributed by atoms with Gasteiger partial charge in [-0.3, -0.25) is 20.2 Å². The van der Waals surface area contributed by atoms with Gasteiger partial charge in [0.1, 0.15) is 12.2 Å². The number of aryl methyl sites for hydroxylation is 1. The Labute approximate surface area is 150 Å². The highest BCUT2D eigenvalue weighted by Crippen LogP contribution is 2.31. The van der Waals surface area contributed by atoms with Gasteiger partial charge in [-0.15, -0.1) is 0 Å². The average molecular weight is 357 g/mol. The summed E-state index contributed by atoms with van der Waals surface area (Å²) in [6.45, 7) is 6.09. The van der Waals surface area contributed by atoms with Gasteiger partial charge in [-0.25, -0.2) is 0 Å². The quantitative estimate of drug-likeness (QED) is 0.649. The van der Waals surface area contributed by atoms with Crippen LogP contribution in [-0.4, -0.2) is 36.0 Å². The van der Waals surface area contributed by atoms with Crippen LogP contribution in [0, 0.1) is 27.2 Å². The molecule has 136 valence electrons. The summed E-state index contributed by atoms with van der Waals surface area (Å²) in [6.07, 6.45) is 0. The summed E-state index contributed by atoms with van der Waals surface area (Å²) in [4.78, 5) is 24.4. The topological polar surface area (TPSA) is 94.0 Å². The maximum atomic E-state index is 11.3. The molecule has 2 aromatic rings. The highest BCUT2D eigenvalue weighted by molar-refractivity contribution is 5.66. The lowest BCUT2D eigenvalue weighted by Crippen LogP contribution is -3.13. The molecule has 0 radical (unpaired) electrons. The van der Waals surface area contributed by atoms with E-state index in [4.69, 9.17) is 0 Å². The first-order valence-electron chi connectivity index (χ1n) is 8.51. The number of anilines is 1. The van der Waals surface area contributed by atoms with Crippen LogP contribution in [0.15, 0.2) is 42.5 Å². The second-order valence-corrected chi connectivity index (χ2v) is 6.59. The maximum absolute atomic E-state index is 11.3. The fourth-order valence-corrected chi connectivity index (χ4v) is 3.39. The number of hydrogen-bond acceptors (Lipinski definition) is 5. The molecule has 0 saturated carbocycles. The molecule has 0 aliphatic carbocycles. The molecule has 1 fully saturated rings. The number of rotatable bonds is 5. The van der Waals surface area contributed by atoms with Gasteiger partial charge in [0, 0.05) is 11.6 Å². The number of nitrogens with one attached hydrogen (secondary N) is 1. The molecule has 0 spiro atoms. The normalized spacial score (nSPS) is 15.0. The third-order valence-electron chi connectivity index (χ3n) is 4.71. The van der Waals surface area contributed by atoms with Crippen LogP contribution < -0.4 is 9.80 Å². The van der Waals surface area contributed by atoms with Gasteiger partial charge in [-0.2, -0.15) is 0 Å². The Morgan fingerprint density at radius 3 is 2.38 bits per heavy atom. The molecule has 0 bridgehead atoms. The molecule has 1 saturated heterocycles. The summed E-state index contributed by atoms with van der Waals surface area (Å²) in [7, 11) is 0. The van der Waals surface area contributed by atoms with Gasteiger partial charge in [0.25, 0.3) is 11.4 Å². The van der Waals surface area contributed by atoms with Gasteiger partial charge in [0.2, 0.25) is 0 Å². The largest absolute Gasteiger partial charge is 0.355 e. The lowest BCUT2D eigenvalue weighted by Gasteiger charge is -2.33. The number of piperazine rings is 1. The van der Waals surface area contributed by atoms with Gasteiger partial charge in [0.05, 0.1) is 42.1 Å². The van der Waals surface area contributed by atoms with E-state index in [1.807, 2.05) is 4.90 Å². The minimum atomic E-state index is -0.610. The van der Waals surface area contributed by atoms with E-state index >= 15 is 0 Å². The summed E-state index contributed by atoms with van der Waals surface area (Å²) >= 11 is 0. The highest BCUT2D eigenvalue weighted by atomic mass is 16.6. The first-order chi connectivity index (χ1) is 12.4. The molecule has 0 aromatic heterocycles. The van der Waals surface area contributed by atoms with Crippen LogP contribution in [0.2, 0.25) is 0 Å². The molecule has 1 heterocycles. The smallest absolute Gasteiger partial charge is 0.299 e. The third kappa shape index (κ3) is 3.97. The van der Waals surface area contributed by atoms with E-state index in [2.05, 4.69) is 31.2 Å². The Hall–Kier alpha value is -3.00. The zero-order valence-corrected chi connectivity index (χ0v) is 14.6. The van der Waals surface area contributed by atoms with E-state index in [1.54, 1.807) is 0 Å². The van der Waals surface area contributed by atoms with Gasteiger partial charge in [-0.1, -0.05) is 29.8 Å². The predicted octanol–water partition coefficient (Wildman–Crippen LogP) is 1.72. The number of nitro groups is 2. The molecule has 0 atom stereocenters. The first-order valence-corrected chi connectivity index (χ1v) is 8.51.